The van der Waals surface area contributed by atoms with Crippen LogP contribution in [0.15, 0.2) is 47.4 Å². The minimum Gasteiger partial charge on any atom is -0.493 e. The first-order valence-electron chi connectivity index (χ1n) is 7.97. The van der Waals surface area contributed by atoms with Gasteiger partial charge in [0.05, 0.1) is 20.3 Å². The van der Waals surface area contributed by atoms with Gasteiger partial charge in [0.1, 0.15) is 10.7 Å². The number of nitrogens with zero attached hydrogens (tertiary/aromatic N) is 1. The molecule has 0 N–H and O–H groups in total. The van der Waals surface area contributed by atoms with Gasteiger partial charge < -0.3 is 9.47 Å². The molecule has 3 rings (SSSR count). The summed E-state index contributed by atoms with van der Waals surface area (Å²) in [4.78, 5) is -0.289. The van der Waals surface area contributed by atoms with Crippen LogP contribution in [0.5, 0.6) is 11.5 Å². The Balaban J connectivity index is 2.00. The van der Waals surface area contributed by atoms with Crippen molar-refractivity contribution in [3.8, 4) is 11.5 Å². The van der Waals surface area contributed by atoms with Gasteiger partial charge in [0.25, 0.3) is 0 Å². The van der Waals surface area contributed by atoms with Gasteiger partial charge >= 0.3 is 0 Å². The summed E-state index contributed by atoms with van der Waals surface area (Å²) in [5.41, 5.74) is 0.801. The van der Waals surface area contributed by atoms with Crippen LogP contribution in [-0.2, 0) is 10.0 Å². The molecule has 1 heterocycles. The predicted octanol–water partition coefficient (Wildman–Crippen LogP) is 3.37. The van der Waals surface area contributed by atoms with Crippen LogP contribution >= 0.6 is 0 Å². The zero-order valence-corrected chi connectivity index (χ0v) is 14.9. The lowest BCUT2D eigenvalue weighted by Gasteiger charge is -2.25. The standard InChI is InChI=1S/C18H20FNO4S/c1-23-16-10-9-13(12-17(16)24-2)15-7-5-11-20(15)25(21,22)18-8-4-3-6-14(18)19/h3-4,6,8-10,12,15H,5,7,11H2,1-2H3. The summed E-state index contributed by atoms with van der Waals surface area (Å²) in [6.07, 6.45) is 1.38. The van der Waals surface area contributed by atoms with Gasteiger partial charge in [-0.1, -0.05) is 18.2 Å². The zero-order valence-electron chi connectivity index (χ0n) is 14.1. The molecule has 1 atom stereocenters. The molecule has 7 heteroatoms. The number of hydrogen-bond donors (Lipinski definition) is 0. The summed E-state index contributed by atoms with van der Waals surface area (Å²) in [5, 5.41) is 0. The van der Waals surface area contributed by atoms with E-state index in [1.54, 1.807) is 19.2 Å². The second-order valence-electron chi connectivity index (χ2n) is 5.82. The van der Waals surface area contributed by atoms with Gasteiger partial charge in [-0.05, 0) is 42.7 Å². The third kappa shape index (κ3) is 3.21. The van der Waals surface area contributed by atoms with E-state index in [-0.39, 0.29) is 10.9 Å². The first-order valence-corrected chi connectivity index (χ1v) is 9.41. The van der Waals surface area contributed by atoms with E-state index in [1.165, 1.54) is 29.6 Å². The fourth-order valence-corrected chi connectivity index (χ4v) is 4.95. The molecule has 0 spiro atoms. The molecule has 1 fully saturated rings. The van der Waals surface area contributed by atoms with Crippen LogP contribution in [0, 0.1) is 5.82 Å². The molecule has 2 aromatic carbocycles. The van der Waals surface area contributed by atoms with Crippen molar-refractivity contribution >= 4 is 10.0 Å². The zero-order chi connectivity index (χ0) is 18.0. The maximum absolute atomic E-state index is 14.0. The van der Waals surface area contributed by atoms with Crippen LogP contribution in [-0.4, -0.2) is 33.5 Å². The Labute approximate surface area is 147 Å². The van der Waals surface area contributed by atoms with Crippen LogP contribution in [0.3, 0.4) is 0 Å². The topological polar surface area (TPSA) is 55.8 Å². The van der Waals surface area contributed by atoms with Crippen LogP contribution in [0.25, 0.3) is 0 Å². The highest BCUT2D eigenvalue weighted by Crippen LogP contribution is 2.39. The second-order valence-corrected chi connectivity index (χ2v) is 7.68. The lowest BCUT2D eigenvalue weighted by atomic mass is 10.0. The SMILES string of the molecule is COc1ccc(C2CCCN2S(=O)(=O)c2ccccc2F)cc1OC. The molecule has 1 aliphatic heterocycles. The molecule has 1 unspecified atom stereocenters. The molecule has 0 aliphatic carbocycles. The highest BCUT2D eigenvalue weighted by atomic mass is 32.2. The van der Waals surface area contributed by atoms with E-state index in [2.05, 4.69) is 0 Å². The quantitative estimate of drug-likeness (QED) is 0.815. The van der Waals surface area contributed by atoms with Crippen LogP contribution in [0.1, 0.15) is 24.4 Å². The van der Waals surface area contributed by atoms with Gasteiger partial charge in [-0.25, -0.2) is 12.8 Å². The van der Waals surface area contributed by atoms with Crippen LogP contribution < -0.4 is 9.47 Å². The molecular weight excluding hydrogens is 345 g/mol. The van der Waals surface area contributed by atoms with Crippen molar-refractivity contribution in [2.45, 2.75) is 23.8 Å². The van der Waals surface area contributed by atoms with Gasteiger partial charge in [-0.15, -0.1) is 0 Å². The summed E-state index contributed by atoms with van der Waals surface area (Å²) in [5.74, 6) is 0.378. The fraction of sp³-hybridized carbons (Fsp3) is 0.333. The number of methoxy groups -OCH3 is 2. The molecule has 0 aromatic heterocycles. The highest BCUT2D eigenvalue weighted by Gasteiger charge is 2.37. The number of sulfonamides is 1. The lowest BCUT2D eigenvalue weighted by Crippen LogP contribution is -2.31. The molecule has 25 heavy (non-hydrogen) atoms. The van der Waals surface area contributed by atoms with Gasteiger partial charge in [-0.3, -0.25) is 0 Å². The van der Waals surface area contributed by atoms with E-state index in [1.807, 2.05) is 6.07 Å². The van der Waals surface area contributed by atoms with Crippen molar-refractivity contribution in [3.63, 3.8) is 0 Å². The van der Waals surface area contributed by atoms with Gasteiger partial charge in [0.2, 0.25) is 10.0 Å². The average Bonchev–Trinajstić information content (AvgIpc) is 3.12. The van der Waals surface area contributed by atoms with Gasteiger partial charge in [0, 0.05) is 6.54 Å². The van der Waals surface area contributed by atoms with E-state index in [0.717, 1.165) is 11.6 Å². The molecule has 0 saturated carbocycles. The Kier molecular flexibility index (Phi) is 4.96. The predicted molar refractivity (Wildman–Crippen MR) is 91.8 cm³/mol. The normalized spacial score (nSPS) is 18.3. The van der Waals surface area contributed by atoms with Gasteiger partial charge in [0.15, 0.2) is 11.5 Å². The Bertz CT molecular complexity index is 869. The van der Waals surface area contributed by atoms with Crippen molar-refractivity contribution in [2.24, 2.45) is 0 Å². The average molecular weight is 365 g/mol. The first kappa shape index (κ1) is 17.7. The highest BCUT2D eigenvalue weighted by molar-refractivity contribution is 7.89. The minimum absolute atomic E-state index is 0.289. The molecule has 0 bridgehead atoms. The summed E-state index contributed by atoms with van der Waals surface area (Å²) >= 11 is 0. The Morgan fingerprint density at radius 1 is 1.08 bits per heavy atom. The molecular formula is C18H20FNO4S. The number of halogens is 1. The Hall–Kier alpha value is -2.12. The number of ether oxygens (including phenoxy) is 2. The van der Waals surface area contributed by atoms with Gasteiger partial charge in [-0.2, -0.15) is 4.31 Å². The van der Waals surface area contributed by atoms with Crippen molar-refractivity contribution in [3.05, 3.63) is 53.8 Å². The molecule has 2 aromatic rings. The number of hydrogen-bond acceptors (Lipinski definition) is 4. The van der Waals surface area contributed by atoms with Crippen molar-refractivity contribution in [2.75, 3.05) is 20.8 Å². The van der Waals surface area contributed by atoms with Crippen molar-refractivity contribution < 1.29 is 22.3 Å². The van der Waals surface area contributed by atoms with E-state index in [9.17, 15) is 12.8 Å². The molecule has 134 valence electrons. The van der Waals surface area contributed by atoms with E-state index < -0.39 is 15.8 Å². The molecule has 1 saturated heterocycles. The lowest BCUT2D eigenvalue weighted by molar-refractivity contribution is 0.351. The van der Waals surface area contributed by atoms with E-state index >= 15 is 0 Å². The molecule has 1 aliphatic rings. The molecule has 5 nitrogen and oxygen atoms in total. The third-order valence-corrected chi connectivity index (χ3v) is 6.36. The van der Waals surface area contributed by atoms with E-state index in [0.29, 0.717) is 30.9 Å². The largest absolute Gasteiger partial charge is 0.493 e. The number of rotatable bonds is 5. The minimum atomic E-state index is -3.92. The number of benzene rings is 2. The maximum atomic E-state index is 14.0. The summed E-state index contributed by atoms with van der Waals surface area (Å²) < 4.78 is 51.8. The molecule has 0 amide bonds. The van der Waals surface area contributed by atoms with Crippen molar-refractivity contribution in [1.29, 1.82) is 0 Å². The maximum Gasteiger partial charge on any atom is 0.246 e. The smallest absolute Gasteiger partial charge is 0.246 e. The third-order valence-electron chi connectivity index (χ3n) is 4.42. The summed E-state index contributed by atoms with van der Waals surface area (Å²) in [6, 6.07) is 10.5. The summed E-state index contributed by atoms with van der Waals surface area (Å²) in [6.45, 7) is 0.357. The van der Waals surface area contributed by atoms with Crippen molar-refractivity contribution in [1.82, 2.24) is 4.31 Å². The summed E-state index contributed by atoms with van der Waals surface area (Å²) in [7, 11) is -0.840. The Morgan fingerprint density at radius 3 is 2.48 bits per heavy atom. The van der Waals surface area contributed by atoms with Crippen LogP contribution in [0.2, 0.25) is 0 Å². The fourth-order valence-electron chi connectivity index (χ4n) is 3.20. The van der Waals surface area contributed by atoms with E-state index in [4.69, 9.17) is 9.47 Å². The second kappa shape index (κ2) is 7.01. The molecule has 0 radical (unpaired) electrons. The van der Waals surface area contributed by atoms with Crippen LogP contribution in [0.4, 0.5) is 4.39 Å². The first-order chi connectivity index (χ1) is 12.0. The monoisotopic (exact) mass is 365 g/mol. The Morgan fingerprint density at radius 2 is 1.80 bits per heavy atom.